The molecule has 0 amide bonds. The summed E-state index contributed by atoms with van der Waals surface area (Å²) in [5, 5.41) is 4.51. The quantitative estimate of drug-likeness (QED) is 0.867. The zero-order chi connectivity index (χ0) is 11.0. The van der Waals surface area contributed by atoms with Gasteiger partial charge in [-0.3, -0.25) is 4.90 Å². The number of nitrogens with one attached hydrogen (secondary N) is 1. The molecule has 1 atom stereocenters. The van der Waals surface area contributed by atoms with Gasteiger partial charge in [0.2, 0.25) is 5.13 Å². The molecular weight excluding hydrogens is 220 g/mol. The Hall–Kier alpha value is -0.680. The van der Waals surface area contributed by atoms with Gasteiger partial charge in [0.05, 0.1) is 0 Å². The second-order valence-electron chi connectivity index (χ2n) is 4.73. The van der Waals surface area contributed by atoms with E-state index in [0.717, 1.165) is 23.4 Å². The first-order valence-corrected chi connectivity index (χ1v) is 6.95. The molecule has 1 aliphatic heterocycles. The number of hydrogen-bond donors (Lipinski definition) is 1. The van der Waals surface area contributed by atoms with Crippen molar-refractivity contribution >= 4 is 16.7 Å². The zero-order valence-electron chi connectivity index (χ0n) is 9.65. The van der Waals surface area contributed by atoms with Gasteiger partial charge in [-0.05, 0) is 19.3 Å². The van der Waals surface area contributed by atoms with Crippen molar-refractivity contribution in [3.05, 3.63) is 5.82 Å². The highest BCUT2D eigenvalue weighted by atomic mass is 32.1. The third-order valence-corrected chi connectivity index (χ3v) is 4.08. The van der Waals surface area contributed by atoms with Crippen LogP contribution in [0.15, 0.2) is 0 Å². The Morgan fingerprint density at radius 1 is 1.44 bits per heavy atom. The first-order chi connectivity index (χ1) is 7.85. The Labute approximate surface area is 100 Å². The molecule has 88 valence electrons. The molecular formula is C11H18N4S. The van der Waals surface area contributed by atoms with E-state index in [0.29, 0.717) is 6.04 Å². The summed E-state index contributed by atoms with van der Waals surface area (Å²) in [5.74, 6) is 0.963. The summed E-state index contributed by atoms with van der Waals surface area (Å²) in [6.45, 7) is 4.53. The third-order valence-electron chi connectivity index (χ3n) is 3.39. The minimum absolute atomic E-state index is 0.582. The Morgan fingerprint density at radius 2 is 2.31 bits per heavy atom. The number of rotatable bonds is 4. The van der Waals surface area contributed by atoms with Gasteiger partial charge < -0.3 is 5.32 Å². The fourth-order valence-corrected chi connectivity index (χ4v) is 3.03. The molecule has 0 spiro atoms. The van der Waals surface area contributed by atoms with Crippen LogP contribution in [-0.4, -0.2) is 39.4 Å². The molecule has 1 saturated heterocycles. The lowest BCUT2D eigenvalue weighted by molar-refractivity contribution is 0.326. The highest BCUT2D eigenvalue weighted by Crippen LogP contribution is 2.30. The van der Waals surface area contributed by atoms with Crippen molar-refractivity contribution in [2.45, 2.75) is 44.7 Å². The Morgan fingerprint density at radius 3 is 3.00 bits per heavy atom. The highest BCUT2D eigenvalue weighted by molar-refractivity contribution is 7.09. The number of likely N-dealkylation sites (tertiary alicyclic amines) is 1. The van der Waals surface area contributed by atoms with Crippen LogP contribution in [0.1, 0.15) is 32.0 Å². The monoisotopic (exact) mass is 238 g/mol. The van der Waals surface area contributed by atoms with Crippen LogP contribution < -0.4 is 5.32 Å². The van der Waals surface area contributed by atoms with Crippen LogP contribution in [0.5, 0.6) is 0 Å². The fourth-order valence-electron chi connectivity index (χ4n) is 2.31. The summed E-state index contributed by atoms with van der Waals surface area (Å²) in [6, 6.07) is 1.48. The summed E-state index contributed by atoms with van der Waals surface area (Å²) < 4.78 is 4.30. The van der Waals surface area contributed by atoms with E-state index < -0.39 is 0 Å². The van der Waals surface area contributed by atoms with E-state index in [1.165, 1.54) is 43.9 Å². The molecule has 1 unspecified atom stereocenters. The van der Waals surface area contributed by atoms with Crippen LogP contribution in [0.2, 0.25) is 0 Å². The molecule has 1 saturated carbocycles. The second kappa shape index (κ2) is 4.30. The van der Waals surface area contributed by atoms with Crippen LogP contribution in [0.4, 0.5) is 5.13 Å². The van der Waals surface area contributed by atoms with Crippen molar-refractivity contribution in [2.75, 3.05) is 18.4 Å². The molecule has 2 fully saturated rings. The molecule has 0 bridgehead atoms. The Bertz CT molecular complexity index is 361. The van der Waals surface area contributed by atoms with Crippen LogP contribution in [0.3, 0.4) is 0 Å². The molecule has 2 heterocycles. The van der Waals surface area contributed by atoms with Crippen molar-refractivity contribution in [3.8, 4) is 0 Å². The molecule has 2 aliphatic rings. The van der Waals surface area contributed by atoms with Crippen LogP contribution in [0, 0.1) is 0 Å². The van der Waals surface area contributed by atoms with Crippen molar-refractivity contribution in [1.29, 1.82) is 0 Å². The molecule has 1 aromatic rings. The molecule has 3 rings (SSSR count). The van der Waals surface area contributed by atoms with Crippen LogP contribution in [0.25, 0.3) is 0 Å². The van der Waals surface area contributed by atoms with Gasteiger partial charge in [-0.2, -0.15) is 4.37 Å². The third kappa shape index (κ3) is 2.20. The van der Waals surface area contributed by atoms with E-state index in [1.807, 2.05) is 0 Å². The maximum atomic E-state index is 4.46. The lowest BCUT2D eigenvalue weighted by atomic mass is 10.3. The van der Waals surface area contributed by atoms with Gasteiger partial charge >= 0.3 is 0 Å². The van der Waals surface area contributed by atoms with Gasteiger partial charge in [-0.15, -0.1) is 0 Å². The SMILES string of the molecule is CCc1nsc(NC2CCN(C3CC3)C2)n1. The van der Waals surface area contributed by atoms with Crippen molar-refractivity contribution in [1.82, 2.24) is 14.3 Å². The topological polar surface area (TPSA) is 41.1 Å². The number of anilines is 1. The summed E-state index contributed by atoms with van der Waals surface area (Å²) in [6.07, 6.45) is 4.99. The molecule has 5 heteroatoms. The van der Waals surface area contributed by atoms with Crippen molar-refractivity contribution < 1.29 is 0 Å². The van der Waals surface area contributed by atoms with Gasteiger partial charge in [-0.1, -0.05) is 6.92 Å². The summed E-state index contributed by atoms with van der Waals surface area (Å²) in [5.41, 5.74) is 0. The van der Waals surface area contributed by atoms with E-state index in [4.69, 9.17) is 0 Å². The van der Waals surface area contributed by atoms with E-state index >= 15 is 0 Å². The Kier molecular flexibility index (Phi) is 2.81. The van der Waals surface area contributed by atoms with Gasteiger partial charge in [0.1, 0.15) is 5.82 Å². The molecule has 1 N–H and O–H groups in total. The summed E-state index contributed by atoms with van der Waals surface area (Å²) in [7, 11) is 0. The smallest absolute Gasteiger partial charge is 0.202 e. The largest absolute Gasteiger partial charge is 0.356 e. The Balaban J connectivity index is 1.54. The standard InChI is InChI=1S/C11H18N4S/c1-2-10-13-11(16-14-10)12-8-5-6-15(7-8)9-3-4-9/h8-9H,2-7H2,1H3,(H,12,13,14). The predicted molar refractivity (Wildman–Crippen MR) is 65.9 cm³/mol. The molecule has 16 heavy (non-hydrogen) atoms. The average Bonchev–Trinajstić information content (AvgIpc) is 2.88. The summed E-state index contributed by atoms with van der Waals surface area (Å²) in [4.78, 5) is 7.07. The summed E-state index contributed by atoms with van der Waals surface area (Å²) >= 11 is 1.50. The minimum Gasteiger partial charge on any atom is -0.356 e. The molecule has 4 nitrogen and oxygen atoms in total. The molecule has 1 aromatic heterocycles. The van der Waals surface area contributed by atoms with Crippen molar-refractivity contribution in [3.63, 3.8) is 0 Å². The van der Waals surface area contributed by atoms with E-state index in [1.54, 1.807) is 0 Å². The fraction of sp³-hybridized carbons (Fsp3) is 0.818. The maximum Gasteiger partial charge on any atom is 0.202 e. The first-order valence-electron chi connectivity index (χ1n) is 6.18. The lowest BCUT2D eigenvalue weighted by Crippen LogP contribution is -2.27. The van der Waals surface area contributed by atoms with Crippen LogP contribution >= 0.6 is 11.5 Å². The molecule has 0 radical (unpaired) electrons. The number of nitrogens with zero attached hydrogens (tertiary/aromatic N) is 3. The van der Waals surface area contributed by atoms with Gasteiger partial charge in [-0.25, -0.2) is 4.98 Å². The number of aryl methyl sites for hydroxylation is 1. The predicted octanol–water partition coefficient (Wildman–Crippen LogP) is 1.75. The van der Waals surface area contributed by atoms with Gasteiger partial charge in [0.25, 0.3) is 0 Å². The second-order valence-corrected chi connectivity index (χ2v) is 5.48. The highest BCUT2D eigenvalue weighted by Gasteiger charge is 2.34. The minimum atomic E-state index is 0.582. The van der Waals surface area contributed by atoms with Gasteiger partial charge in [0, 0.05) is 43.1 Å². The van der Waals surface area contributed by atoms with Crippen LogP contribution in [-0.2, 0) is 6.42 Å². The lowest BCUT2D eigenvalue weighted by Gasteiger charge is -2.14. The average molecular weight is 238 g/mol. The first kappa shape index (κ1) is 10.5. The number of aromatic nitrogens is 2. The number of hydrogen-bond acceptors (Lipinski definition) is 5. The molecule has 0 aromatic carbocycles. The van der Waals surface area contributed by atoms with Gasteiger partial charge in [0.15, 0.2) is 0 Å². The molecule has 1 aliphatic carbocycles. The van der Waals surface area contributed by atoms with E-state index in [9.17, 15) is 0 Å². The van der Waals surface area contributed by atoms with Crippen molar-refractivity contribution in [2.24, 2.45) is 0 Å². The van der Waals surface area contributed by atoms with E-state index in [-0.39, 0.29) is 0 Å². The maximum absolute atomic E-state index is 4.46. The van der Waals surface area contributed by atoms with E-state index in [2.05, 4.69) is 26.5 Å². The zero-order valence-corrected chi connectivity index (χ0v) is 10.5. The normalized spacial score (nSPS) is 26.2.